The smallest absolute Gasteiger partial charge is 0.214 e. The van der Waals surface area contributed by atoms with E-state index in [0.717, 1.165) is 0 Å². The van der Waals surface area contributed by atoms with Gasteiger partial charge in [0.15, 0.2) is 0 Å². The lowest BCUT2D eigenvalue weighted by Gasteiger charge is -2.24. The molecular weight excluding hydrogens is 226 g/mol. The van der Waals surface area contributed by atoms with Gasteiger partial charge in [0.25, 0.3) is 0 Å². The molecule has 0 radical (unpaired) electrons. The Labute approximate surface area is 90.9 Å². The number of alkyl halides is 1. The number of aliphatic hydroxyl groups is 1. The van der Waals surface area contributed by atoms with Gasteiger partial charge in [-0.3, -0.25) is 0 Å². The van der Waals surface area contributed by atoms with Crippen LogP contribution in [0, 0.1) is 0 Å². The third kappa shape index (κ3) is 4.59. The zero-order valence-electron chi connectivity index (χ0n) is 8.61. The molecule has 4 nitrogen and oxygen atoms in total. The average molecular weight is 244 g/mol. The van der Waals surface area contributed by atoms with Crippen LogP contribution in [-0.2, 0) is 10.0 Å². The van der Waals surface area contributed by atoms with Gasteiger partial charge in [-0.05, 0) is 20.3 Å². The SMILES string of the molecule is CC(C)N(CCO)S(=O)(=O)CCCCl. The molecule has 86 valence electrons. The molecule has 0 saturated heterocycles. The molecule has 0 amide bonds. The first kappa shape index (κ1) is 14.2. The maximum atomic E-state index is 11.7. The van der Waals surface area contributed by atoms with E-state index in [2.05, 4.69) is 0 Å². The van der Waals surface area contributed by atoms with Crippen LogP contribution in [0.4, 0.5) is 0 Å². The third-order valence-corrected chi connectivity index (χ3v) is 4.18. The molecule has 0 heterocycles. The molecule has 0 atom stereocenters. The number of halogens is 1. The molecule has 0 rings (SSSR count). The molecular formula is C8H18ClNO3S. The van der Waals surface area contributed by atoms with Gasteiger partial charge < -0.3 is 5.11 Å². The quantitative estimate of drug-likeness (QED) is 0.668. The van der Waals surface area contributed by atoms with Gasteiger partial charge in [-0.1, -0.05) is 0 Å². The van der Waals surface area contributed by atoms with Crippen molar-refractivity contribution in [3.63, 3.8) is 0 Å². The molecule has 0 spiro atoms. The van der Waals surface area contributed by atoms with Crippen molar-refractivity contribution >= 4 is 21.6 Å². The second kappa shape index (κ2) is 6.61. The zero-order valence-corrected chi connectivity index (χ0v) is 10.2. The van der Waals surface area contributed by atoms with Crippen molar-refractivity contribution in [2.45, 2.75) is 26.3 Å². The van der Waals surface area contributed by atoms with E-state index < -0.39 is 10.0 Å². The third-order valence-electron chi connectivity index (χ3n) is 1.79. The molecule has 14 heavy (non-hydrogen) atoms. The van der Waals surface area contributed by atoms with Crippen LogP contribution >= 0.6 is 11.6 Å². The first-order valence-corrected chi connectivity index (χ1v) is 6.76. The fourth-order valence-corrected chi connectivity index (χ4v) is 3.21. The summed E-state index contributed by atoms with van der Waals surface area (Å²) in [5, 5.41) is 8.74. The molecule has 0 aromatic heterocycles. The molecule has 0 fully saturated rings. The van der Waals surface area contributed by atoms with E-state index in [9.17, 15) is 8.42 Å². The van der Waals surface area contributed by atoms with Gasteiger partial charge in [-0.2, -0.15) is 4.31 Å². The second-order valence-electron chi connectivity index (χ2n) is 3.29. The molecule has 0 bridgehead atoms. The van der Waals surface area contributed by atoms with Gasteiger partial charge in [0.05, 0.1) is 12.4 Å². The summed E-state index contributed by atoms with van der Waals surface area (Å²) in [6.07, 6.45) is 0.443. The van der Waals surface area contributed by atoms with Crippen LogP contribution in [0.3, 0.4) is 0 Å². The van der Waals surface area contributed by atoms with Crippen LogP contribution in [0.5, 0.6) is 0 Å². The normalized spacial score (nSPS) is 12.7. The molecule has 0 saturated carbocycles. The molecule has 1 N–H and O–H groups in total. The summed E-state index contributed by atoms with van der Waals surface area (Å²) in [5.74, 6) is 0.388. The number of aliphatic hydroxyl groups excluding tert-OH is 1. The van der Waals surface area contributed by atoms with Gasteiger partial charge in [0.1, 0.15) is 0 Å². The van der Waals surface area contributed by atoms with E-state index in [1.807, 2.05) is 0 Å². The van der Waals surface area contributed by atoms with Crippen LogP contribution < -0.4 is 0 Å². The number of rotatable bonds is 7. The Balaban J connectivity index is 4.46. The molecule has 6 heteroatoms. The van der Waals surface area contributed by atoms with Crippen molar-refractivity contribution in [1.82, 2.24) is 4.31 Å². The number of nitrogens with zero attached hydrogens (tertiary/aromatic N) is 1. The summed E-state index contributed by atoms with van der Waals surface area (Å²) in [4.78, 5) is 0. The minimum Gasteiger partial charge on any atom is -0.395 e. The van der Waals surface area contributed by atoms with E-state index in [4.69, 9.17) is 16.7 Å². The summed E-state index contributed by atoms with van der Waals surface area (Å²) in [5.41, 5.74) is 0. The molecule has 0 aliphatic carbocycles. The van der Waals surface area contributed by atoms with Crippen LogP contribution in [0.2, 0.25) is 0 Å². The topological polar surface area (TPSA) is 57.6 Å². The highest BCUT2D eigenvalue weighted by molar-refractivity contribution is 7.89. The minimum atomic E-state index is -3.26. The first-order valence-electron chi connectivity index (χ1n) is 4.62. The van der Waals surface area contributed by atoms with Gasteiger partial charge in [0.2, 0.25) is 10.0 Å². The zero-order chi connectivity index (χ0) is 11.2. The van der Waals surface area contributed by atoms with Crippen molar-refractivity contribution in [2.24, 2.45) is 0 Å². The fourth-order valence-electron chi connectivity index (χ4n) is 1.17. The summed E-state index contributed by atoms with van der Waals surface area (Å²) >= 11 is 5.44. The predicted octanol–water partition coefficient (Wildman–Crippen LogP) is 0.648. The number of hydrogen-bond acceptors (Lipinski definition) is 3. The molecule has 0 aliphatic rings. The largest absolute Gasteiger partial charge is 0.395 e. The summed E-state index contributed by atoms with van der Waals surface area (Å²) in [6.45, 7) is 3.57. The standard InChI is InChI=1S/C8H18ClNO3S/c1-8(2)10(5-6-11)14(12,13)7-3-4-9/h8,11H,3-7H2,1-2H3. The lowest BCUT2D eigenvalue weighted by Crippen LogP contribution is -2.40. The first-order chi connectivity index (χ1) is 6.45. The monoisotopic (exact) mass is 243 g/mol. The Morgan fingerprint density at radius 3 is 2.36 bits per heavy atom. The Hall–Kier alpha value is 0.160. The second-order valence-corrected chi connectivity index (χ2v) is 5.71. The number of hydrogen-bond donors (Lipinski definition) is 1. The van der Waals surface area contributed by atoms with Crippen molar-refractivity contribution in [1.29, 1.82) is 0 Å². The Kier molecular flexibility index (Phi) is 6.68. The van der Waals surface area contributed by atoms with E-state index in [1.54, 1.807) is 13.8 Å². The van der Waals surface area contributed by atoms with Crippen LogP contribution in [0.1, 0.15) is 20.3 Å². The Morgan fingerprint density at radius 1 is 1.43 bits per heavy atom. The highest BCUT2D eigenvalue weighted by Crippen LogP contribution is 2.08. The van der Waals surface area contributed by atoms with Crippen LogP contribution in [-0.4, -0.2) is 48.7 Å². The highest BCUT2D eigenvalue weighted by atomic mass is 35.5. The maximum Gasteiger partial charge on any atom is 0.214 e. The van der Waals surface area contributed by atoms with E-state index in [1.165, 1.54) is 4.31 Å². The molecule has 0 aromatic rings. The fraction of sp³-hybridized carbons (Fsp3) is 1.00. The summed E-state index contributed by atoms with van der Waals surface area (Å²) in [6, 6.07) is -0.123. The van der Waals surface area contributed by atoms with Crippen LogP contribution in [0.25, 0.3) is 0 Å². The minimum absolute atomic E-state index is 0.0503. The Bertz CT molecular complexity index is 241. The highest BCUT2D eigenvalue weighted by Gasteiger charge is 2.23. The van der Waals surface area contributed by atoms with Crippen molar-refractivity contribution < 1.29 is 13.5 Å². The van der Waals surface area contributed by atoms with Crippen molar-refractivity contribution in [3.05, 3.63) is 0 Å². The lowest BCUT2D eigenvalue weighted by molar-refractivity contribution is 0.236. The summed E-state index contributed by atoms with van der Waals surface area (Å²) < 4.78 is 24.7. The van der Waals surface area contributed by atoms with E-state index >= 15 is 0 Å². The van der Waals surface area contributed by atoms with Gasteiger partial charge in [-0.25, -0.2) is 8.42 Å². The maximum absolute atomic E-state index is 11.7. The predicted molar refractivity (Wildman–Crippen MR) is 58.1 cm³/mol. The van der Waals surface area contributed by atoms with Gasteiger partial charge in [-0.15, -0.1) is 11.6 Å². The van der Waals surface area contributed by atoms with Crippen LogP contribution in [0.15, 0.2) is 0 Å². The molecule has 0 aliphatic heterocycles. The Morgan fingerprint density at radius 2 is 2.00 bits per heavy atom. The van der Waals surface area contributed by atoms with E-state index in [0.29, 0.717) is 12.3 Å². The van der Waals surface area contributed by atoms with E-state index in [-0.39, 0.29) is 24.9 Å². The van der Waals surface area contributed by atoms with Gasteiger partial charge >= 0.3 is 0 Å². The lowest BCUT2D eigenvalue weighted by atomic mass is 10.4. The summed E-state index contributed by atoms with van der Waals surface area (Å²) in [7, 11) is -3.26. The van der Waals surface area contributed by atoms with Gasteiger partial charge in [0, 0.05) is 18.5 Å². The van der Waals surface area contributed by atoms with Crippen molar-refractivity contribution in [3.8, 4) is 0 Å². The molecule has 0 unspecified atom stereocenters. The number of sulfonamides is 1. The molecule has 0 aromatic carbocycles. The average Bonchev–Trinajstić information content (AvgIpc) is 2.10. The van der Waals surface area contributed by atoms with Crippen molar-refractivity contribution in [2.75, 3.05) is 24.8 Å².